The van der Waals surface area contributed by atoms with Crippen molar-refractivity contribution in [1.29, 1.82) is 0 Å². The van der Waals surface area contributed by atoms with Crippen molar-refractivity contribution in [2.45, 2.75) is 12.8 Å². The van der Waals surface area contributed by atoms with E-state index in [-0.39, 0.29) is 17.8 Å². The molecule has 96 valence electrons. The van der Waals surface area contributed by atoms with Crippen LogP contribution in [0.15, 0.2) is 23.0 Å². The number of rotatable bonds is 5. The summed E-state index contributed by atoms with van der Waals surface area (Å²) in [6, 6.07) is 4.26. The number of aromatic amines is 1. The maximum Gasteiger partial charge on any atom is 0.323 e. The number of nitrogens with one attached hydrogen (secondary N) is 1. The van der Waals surface area contributed by atoms with E-state index in [4.69, 9.17) is 5.11 Å². The van der Waals surface area contributed by atoms with Crippen LogP contribution in [-0.2, 0) is 4.79 Å². The molecule has 1 aliphatic rings. The summed E-state index contributed by atoms with van der Waals surface area (Å²) < 4.78 is 0. The van der Waals surface area contributed by atoms with Gasteiger partial charge in [0.2, 0.25) is 5.56 Å². The van der Waals surface area contributed by atoms with Crippen molar-refractivity contribution >= 4 is 11.9 Å². The maximum atomic E-state index is 12.1. The first-order valence-corrected chi connectivity index (χ1v) is 5.76. The Labute approximate surface area is 103 Å². The Hall–Kier alpha value is -2.11. The molecule has 1 amide bonds. The summed E-state index contributed by atoms with van der Waals surface area (Å²) in [4.78, 5) is 37.7. The van der Waals surface area contributed by atoms with Gasteiger partial charge < -0.3 is 15.0 Å². The molecule has 0 aromatic carbocycles. The van der Waals surface area contributed by atoms with E-state index in [9.17, 15) is 14.4 Å². The smallest absolute Gasteiger partial charge is 0.323 e. The van der Waals surface area contributed by atoms with Gasteiger partial charge in [-0.3, -0.25) is 14.4 Å². The van der Waals surface area contributed by atoms with E-state index in [1.165, 1.54) is 23.1 Å². The van der Waals surface area contributed by atoms with Gasteiger partial charge in [-0.15, -0.1) is 0 Å². The van der Waals surface area contributed by atoms with Gasteiger partial charge in [0.1, 0.15) is 12.2 Å². The Morgan fingerprint density at radius 1 is 1.39 bits per heavy atom. The number of amides is 1. The number of hydrogen-bond donors (Lipinski definition) is 2. The molecule has 1 fully saturated rings. The Balaban J connectivity index is 2.15. The Morgan fingerprint density at radius 2 is 2.11 bits per heavy atom. The first-order chi connectivity index (χ1) is 8.56. The number of H-pyrrole nitrogens is 1. The molecule has 0 spiro atoms. The molecule has 2 N–H and O–H groups in total. The summed E-state index contributed by atoms with van der Waals surface area (Å²) in [5.41, 5.74) is -0.244. The zero-order valence-corrected chi connectivity index (χ0v) is 9.76. The van der Waals surface area contributed by atoms with Crippen LogP contribution in [0.2, 0.25) is 0 Å². The largest absolute Gasteiger partial charge is 0.480 e. The first kappa shape index (κ1) is 12.3. The highest BCUT2D eigenvalue weighted by Gasteiger charge is 2.28. The van der Waals surface area contributed by atoms with Crippen LogP contribution in [0.1, 0.15) is 23.3 Å². The predicted octanol–water partition coefficient (Wildman–Crippen LogP) is 0.312. The van der Waals surface area contributed by atoms with Crippen molar-refractivity contribution in [3.8, 4) is 0 Å². The first-order valence-electron chi connectivity index (χ1n) is 5.76. The molecular weight excluding hydrogens is 236 g/mol. The van der Waals surface area contributed by atoms with Crippen molar-refractivity contribution in [2.75, 3.05) is 13.1 Å². The van der Waals surface area contributed by atoms with Crippen LogP contribution in [0.4, 0.5) is 0 Å². The van der Waals surface area contributed by atoms with Crippen molar-refractivity contribution in [1.82, 2.24) is 9.88 Å². The molecule has 18 heavy (non-hydrogen) atoms. The third-order valence-electron chi connectivity index (χ3n) is 2.79. The SMILES string of the molecule is O=C(O)CN(CC1CC1)C(=O)c1cccc(=O)[nH]1. The molecule has 0 bridgehead atoms. The summed E-state index contributed by atoms with van der Waals surface area (Å²) >= 11 is 0. The Morgan fingerprint density at radius 3 is 2.67 bits per heavy atom. The molecule has 6 nitrogen and oxygen atoms in total. The molecule has 0 atom stereocenters. The van der Waals surface area contributed by atoms with Gasteiger partial charge in [-0.1, -0.05) is 6.07 Å². The Bertz CT molecular complexity index is 519. The lowest BCUT2D eigenvalue weighted by Crippen LogP contribution is -2.38. The number of aliphatic carboxylic acids is 1. The molecule has 0 unspecified atom stereocenters. The van der Waals surface area contributed by atoms with E-state index in [1.54, 1.807) is 0 Å². The standard InChI is InChI=1S/C12H14N2O4/c15-10-3-1-2-9(13-10)12(18)14(7-11(16)17)6-8-4-5-8/h1-3,8H,4-7H2,(H,13,15)(H,16,17). The summed E-state index contributed by atoms with van der Waals surface area (Å²) in [6.07, 6.45) is 2.05. The van der Waals surface area contributed by atoms with Gasteiger partial charge in [-0.25, -0.2) is 0 Å². The van der Waals surface area contributed by atoms with E-state index >= 15 is 0 Å². The fourth-order valence-electron chi connectivity index (χ4n) is 1.74. The van der Waals surface area contributed by atoms with Gasteiger partial charge >= 0.3 is 5.97 Å². The van der Waals surface area contributed by atoms with E-state index in [0.717, 1.165) is 12.8 Å². The van der Waals surface area contributed by atoms with Gasteiger partial charge in [-0.2, -0.15) is 0 Å². The van der Waals surface area contributed by atoms with Crippen LogP contribution in [0, 0.1) is 5.92 Å². The summed E-state index contributed by atoms with van der Waals surface area (Å²) in [7, 11) is 0. The zero-order valence-electron chi connectivity index (χ0n) is 9.76. The number of pyridine rings is 1. The molecule has 6 heteroatoms. The van der Waals surface area contributed by atoms with Crippen molar-refractivity contribution in [2.24, 2.45) is 5.92 Å². The van der Waals surface area contributed by atoms with E-state index < -0.39 is 11.9 Å². The molecule has 1 aromatic heterocycles. The fourth-order valence-corrected chi connectivity index (χ4v) is 1.74. The minimum atomic E-state index is -1.05. The van der Waals surface area contributed by atoms with Crippen molar-refractivity contribution in [3.63, 3.8) is 0 Å². The highest BCUT2D eigenvalue weighted by Crippen LogP contribution is 2.29. The summed E-state index contributed by atoms with van der Waals surface area (Å²) in [5.74, 6) is -1.10. The summed E-state index contributed by atoms with van der Waals surface area (Å²) in [5, 5.41) is 8.80. The number of carbonyl (C=O) groups is 2. The lowest BCUT2D eigenvalue weighted by molar-refractivity contribution is -0.137. The van der Waals surface area contributed by atoms with Gasteiger partial charge in [-0.05, 0) is 24.8 Å². The second-order valence-electron chi connectivity index (χ2n) is 4.45. The number of aromatic nitrogens is 1. The average molecular weight is 250 g/mol. The molecule has 1 aliphatic carbocycles. The van der Waals surface area contributed by atoms with Crippen molar-refractivity contribution < 1.29 is 14.7 Å². The number of carbonyl (C=O) groups excluding carboxylic acids is 1. The topological polar surface area (TPSA) is 90.5 Å². The van der Waals surface area contributed by atoms with Gasteiger partial charge in [0.25, 0.3) is 5.91 Å². The second kappa shape index (κ2) is 5.03. The van der Waals surface area contributed by atoms with Crippen LogP contribution in [0.25, 0.3) is 0 Å². The highest BCUT2D eigenvalue weighted by atomic mass is 16.4. The predicted molar refractivity (Wildman–Crippen MR) is 63.3 cm³/mol. The molecule has 0 aliphatic heterocycles. The maximum absolute atomic E-state index is 12.1. The van der Waals surface area contributed by atoms with E-state index in [2.05, 4.69) is 4.98 Å². The molecule has 1 aromatic rings. The molecule has 0 radical (unpaired) electrons. The van der Waals surface area contributed by atoms with Gasteiger partial charge in [0.05, 0.1) is 0 Å². The van der Waals surface area contributed by atoms with Crippen LogP contribution >= 0.6 is 0 Å². The average Bonchev–Trinajstić information content (AvgIpc) is 3.10. The monoisotopic (exact) mass is 250 g/mol. The number of nitrogens with zero attached hydrogens (tertiary/aromatic N) is 1. The number of hydrogen-bond acceptors (Lipinski definition) is 3. The third-order valence-corrected chi connectivity index (χ3v) is 2.79. The normalized spacial score (nSPS) is 14.2. The quantitative estimate of drug-likeness (QED) is 0.787. The van der Waals surface area contributed by atoms with Crippen LogP contribution in [0.3, 0.4) is 0 Å². The van der Waals surface area contributed by atoms with Gasteiger partial charge in [0.15, 0.2) is 0 Å². The number of carboxylic acids is 1. The lowest BCUT2D eigenvalue weighted by Gasteiger charge is -2.20. The van der Waals surface area contributed by atoms with Crippen LogP contribution in [-0.4, -0.2) is 40.0 Å². The fraction of sp³-hybridized carbons (Fsp3) is 0.417. The highest BCUT2D eigenvalue weighted by molar-refractivity contribution is 5.94. The van der Waals surface area contributed by atoms with E-state index in [0.29, 0.717) is 12.5 Å². The van der Waals surface area contributed by atoms with Gasteiger partial charge in [0, 0.05) is 12.6 Å². The lowest BCUT2D eigenvalue weighted by atomic mass is 10.3. The minimum Gasteiger partial charge on any atom is -0.480 e. The molecule has 1 heterocycles. The molecular formula is C12H14N2O4. The van der Waals surface area contributed by atoms with Crippen molar-refractivity contribution in [3.05, 3.63) is 34.2 Å². The summed E-state index contributed by atoms with van der Waals surface area (Å²) in [6.45, 7) is 0.0916. The Kier molecular flexibility index (Phi) is 3.45. The molecule has 0 saturated heterocycles. The minimum absolute atomic E-state index is 0.129. The molecule has 2 rings (SSSR count). The van der Waals surface area contributed by atoms with Crippen LogP contribution in [0.5, 0.6) is 0 Å². The second-order valence-corrected chi connectivity index (χ2v) is 4.45. The third kappa shape index (κ3) is 3.19. The van der Waals surface area contributed by atoms with Crippen LogP contribution < -0.4 is 5.56 Å². The number of carboxylic acid groups (broad SMARTS) is 1. The zero-order chi connectivity index (χ0) is 13.1. The molecule has 1 saturated carbocycles. The van der Waals surface area contributed by atoms with E-state index in [1.807, 2.05) is 0 Å².